The zero-order valence-electron chi connectivity index (χ0n) is 22.9. The monoisotopic (exact) mass is 610 g/mol. The highest BCUT2D eigenvalue weighted by atomic mass is 35.5. The highest BCUT2D eigenvalue weighted by Crippen LogP contribution is 2.57. The summed E-state index contributed by atoms with van der Waals surface area (Å²) in [6.07, 6.45) is 4.25. The molecule has 3 aliphatic rings. The zero-order chi connectivity index (χ0) is 29.4. The Morgan fingerprint density at radius 2 is 1.68 bits per heavy atom. The predicted octanol–water partition coefficient (Wildman–Crippen LogP) is 4.68. The van der Waals surface area contributed by atoms with Crippen LogP contribution in [0.25, 0.3) is 0 Å². The highest BCUT2D eigenvalue weighted by Gasteiger charge is 2.62. The Morgan fingerprint density at radius 1 is 1.02 bits per heavy atom. The number of aliphatic hydroxyl groups is 2. The van der Waals surface area contributed by atoms with Crippen LogP contribution in [-0.2, 0) is 21.2 Å². The van der Waals surface area contributed by atoms with Crippen molar-refractivity contribution in [1.29, 1.82) is 0 Å². The van der Waals surface area contributed by atoms with Crippen LogP contribution in [0.2, 0.25) is 5.02 Å². The van der Waals surface area contributed by atoms with E-state index in [1.807, 2.05) is 0 Å². The molecule has 224 valence electrons. The first-order valence-electron chi connectivity index (χ1n) is 14.4. The Kier molecular flexibility index (Phi) is 9.07. The molecule has 0 aromatic heterocycles. The lowest BCUT2D eigenvalue weighted by atomic mass is 9.81. The molecule has 0 radical (unpaired) electrons. The van der Waals surface area contributed by atoms with Gasteiger partial charge in [-0.05, 0) is 99.7 Å². The van der Waals surface area contributed by atoms with Gasteiger partial charge in [-0.3, -0.25) is 4.79 Å². The van der Waals surface area contributed by atoms with Gasteiger partial charge in [0.25, 0.3) is 5.91 Å². The van der Waals surface area contributed by atoms with Gasteiger partial charge in [-0.25, -0.2) is 17.2 Å². The third-order valence-corrected chi connectivity index (χ3v) is 11.4. The summed E-state index contributed by atoms with van der Waals surface area (Å²) < 4.78 is 57.4. The van der Waals surface area contributed by atoms with E-state index in [0.29, 0.717) is 68.5 Å². The molecular weight excluding hydrogens is 574 g/mol. The van der Waals surface area contributed by atoms with E-state index in [-0.39, 0.29) is 17.5 Å². The molecule has 3 unspecified atom stereocenters. The van der Waals surface area contributed by atoms with Gasteiger partial charge in [-0.1, -0.05) is 18.0 Å². The van der Waals surface area contributed by atoms with Crippen LogP contribution in [0.4, 0.5) is 8.78 Å². The molecule has 41 heavy (non-hydrogen) atoms. The normalized spacial score (nSPS) is 25.3. The van der Waals surface area contributed by atoms with E-state index in [4.69, 9.17) is 11.6 Å². The summed E-state index contributed by atoms with van der Waals surface area (Å²) in [5.41, 5.74) is -0.408. The van der Waals surface area contributed by atoms with Crippen LogP contribution in [0.5, 0.6) is 0 Å². The van der Waals surface area contributed by atoms with Crippen molar-refractivity contribution in [3.05, 3.63) is 64.7 Å². The van der Waals surface area contributed by atoms with Gasteiger partial charge < -0.3 is 15.1 Å². The van der Waals surface area contributed by atoms with Gasteiger partial charge in [0, 0.05) is 35.1 Å². The lowest BCUT2D eigenvalue weighted by Crippen LogP contribution is -2.58. The van der Waals surface area contributed by atoms with E-state index in [1.165, 1.54) is 40.7 Å². The van der Waals surface area contributed by atoms with E-state index in [1.54, 1.807) is 4.90 Å². The van der Waals surface area contributed by atoms with Crippen molar-refractivity contribution in [2.75, 3.05) is 13.2 Å². The fourth-order valence-electron chi connectivity index (χ4n) is 6.91. The molecule has 2 N–H and O–H groups in total. The number of piperidine rings is 1. The summed E-state index contributed by atoms with van der Waals surface area (Å²) >= 11 is 6.04. The second-order valence-corrected chi connectivity index (χ2v) is 14.0. The van der Waals surface area contributed by atoms with Gasteiger partial charge in [0.05, 0.1) is 17.5 Å². The fraction of sp³-hybridized carbons (Fsp3) is 0.567. The largest absolute Gasteiger partial charge is 0.394 e. The molecule has 4 atom stereocenters. The Labute approximate surface area is 245 Å². The van der Waals surface area contributed by atoms with Crippen LogP contribution >= 0.6 is 11.6 Å². The molecule has 0 bridgehead atoms. The molecule has 1 aliphatic carbocycles. The number of carbonyl (C=O) groups is 1. The van der Waals surface area contributed by atoms with Gasteiger partial charge in [-0.15, -0.1) is 0 Å². The van der Waals surface area contributed by atoms with Crippen molar-refractivity contribution in [3.63, 3.8) is 0 Å². The molecule has 5 rings (SSSR count). The molecule has 0 spiro atoms. The molecular formula is C30H37ClF2N2O5S. The number of hydrogen-bond donors (Lipinski definition) is 2. The van der Waals surface area contributed by atoms with Crippen molar-refractivity contribution in [1.82, 2.24) is 9.21 Å². The van der Waals surface area contributed by atoms with E-state index >= 15 is 0 Å². The van der Waals surface area contributed by atoms with Crippen LogP contribution in [0.3, 0.4) is 0 Å². The van der Waals surface area contributed by atoms with Crippen molar-refractivity contribution in [2.45, 2.75) is 93.3 Å². The van der Waals surface area contributed by atoms with Crippen LogP contribution in [-0.4, -0.2) is 71.1 Å². The Morgan fingerprint density at radius 3 is 2.32 bits per heavy atom. The molecule has 2 saturated heterocycles. The second-order valence-electron chi connectivity index (χ2n) is 11.7. The molecule has 7 nitrogen and oxygen atoms in total. The van der Waals surface area contributed by atoms with Crippen molar-refractivity contribution < 1.29 is 32.2 Å². The number of aryl methyl sites for hydroxylation is 1. The number of nitrogens with zero attached hydrogens (tertiary/aromatic N) is 2. The maximum atomic E-state index is 14.2. The lowest BCUT2D eigenvalue weighted by molar-refractivity contribution is -0.147. The molecule has 2 aromatic rings. The zero-order valence-corrected chi connectivity index (χ0v) is 24.5. The molecule has 1 saturated carbocycles. The highest BCUT2D eigenvalue weighted by molar-refractivity contribution is 7.89. The van der Waals surface area contributed by atoms with Crippen molar-refractivity contribution in [2.24, 2.45) is 5.41 Å². The van der Waals surface area contributed by atoms with Crippen LogP contribution in [0.1, 0.15) is 63.4 Å². The lowest BCUT2D eigenvalue weighted by Gasteiger charge is -2.46. The van der Waals surface area contributed by atoms with Gasteiger partial charge in [-0.2, -0.15) is 4.31 Å². The maximum Gasteiger partial charge on any atom is 0.252 e. The number of aliphatic hydroxyl groups excluding tert-OH is 2. The summed E-state index contributed by atoms with van der Waals surface area (Å²) in [5.74, 6) is -1.75. The Balaban J connectivity index is 1.43. The number of amides is 1. The summed E-state index contributed by atoms with van der Waals surface area (Å²) in [6, 6.07) is 8.02. The van der Waals surface area contributed by atoms with Crippen molar-refractivity contribution in [3.8, 4) is 0 Å². The average Bonchev–Trinajstić information content (AvgIpc) is 3.61. The predicted molar refractivity (Wildman–Crippen MR) is 151 cm³/mol. The van der Waals surface area contributed by atoms with E-state index in [2.05, 4.69) is 0 Å². The summed E-state index contributed by atoms with van der Waals surface area (Å²) in [5, 5.41) is 21.7. The maximum absolute atomic E-state index is 14.2. The number of halogens is 3. The van der Waals surface area contributed by atoms with Crippen molar-refractivity contribution >= 4 is 27.5 Å². The Hall–Kier alpha value is -2.11. The first-order chi connectivity index (χ1) is 19.6. The van der Waals surface area contributed by atoms with Crippen LogP contribution < -0.4 is 0 Å². The number of rotatable bonds is 10. The SMILES string of the molecule is O=C(C(O)C1(C2CCCC(CCCc3cc(F)cc(F)c3)N2S(=O)(=O)c2ccc(Cl)cc2)CC1)N1CCC[C@H]1CO. The van der Waals surface area contributed by atoms with Crippen LogP contribution in [0.15, 0.2) is 47.4 Å². The van der Waals surface area contributed by atoms with Gasteiger partial charge in [0.1, 0.15) is 17.7 Å². The average molecular weight is 611 g/mol. The molecule has 2 heterocycles. The number of carbonyl (C=O) groups excluding carboxylic acids is 1. The van der Waals surface area contributed by atoms with E-state index in [0.717, 1.165) is 18.9 Å². The number of hydrogen-bond acceptors (Lipinski definition) is 5. The standard InChI is InChI=1S/C30H37ClF2N2O5S/c31-21-9-11-26(12-10-21)41(39,40)35-24(5-1-4-20-16-22(32)18-23(33)17-20)6-2-8-27(35)30(13-14-30)28(37)29(38)34-15-3-7-25(34)19-36/h9-12,16-18,24-25,27-28,36-37H,1-8,13-15,19H2/t24?,25-,27?,28?/m0/s1. The number of likely N-dealkylation sites (tertiary alicyclic amines) is 1. The number of benzene rings is 2. The smallest absolute Gasteiger partial charge is 0.252 e. The molecule has 11 heteroatoms. The Bertz CT molecular complexity index is 1330. The number of sulfonamides is 1. The minimum absolute atomic E-state index is 0.0857. The third kappa shape index (κ3) is 6.18. The van der Waals surface area contributed by atoms with Gasteiger partial charge in [0.2, 0.25) is 10.0 Å². The first-order valence-corrected chi connectivity index (χ1v) is 16.2. The molecule has 1 amide bonds. The fourth-order valence-corrected chi connectivity index (χ4v) is 9.01. The van der Waals surface area contributed by atoms with Gasteiger partial charge in [0.15, 0.2) is 0 Å². The van der Waals surface area contributed by atoms with E-state index < -0.39 is 51.2 Å². The molecule has 2 aliphatic heterocycles. The second kappa shape index (κ2) is 12.2. The molecule has 2 aromatic carbocycles. The summed E-state index contributed by atoms with van der Waals surface area (Å²) in [7, 11) is -4.04. The third-order valence-electron chi connectivity index (χ3n) is 9.14. The minimum Gasteiger partial charge on any atom is -0.394 e. The van der Waals surface area contributed by atoms with Gasteiger partial charge >= 0.3 is 0 Å². The van der Waals surface area contributed by atoms with Crippen LogP contribution in [0, 0.1) is 17.0 Å². The summed E-state index contributed by atoms with van der Waals surface area (Å²) in [6.45, 7) is 0.279. The quantitative estimate of drug-likeness (QED) is 0.407. The summed E-state index contributed by atoms with van der Waals surface area (Å²) in [4.78, 5) is 15.1. The minimum atomic E-state index is -4.04. The van der Waals surface area contributed by atoms with E-state index in [9.17, 15) is 32.2 Å². The molecule has 3 fully saturated rings. The first kappa shape index (κ1) is 30.4. The topological polar surface area (TPSA) is 98.2 Å².